The van der Waals surface area contributed by atoms with Crippen LogP contribution in [0.3, 0.4) is 0 Å². The Hall–Kier alpha value is -3.00. The molecule has 0 aliphatic carbocycles. The summed E-state index contributed by atoms with van der Waals surface area (Å²) in [5.41, 5.74) is 1.95. The Morgan fingerprint density at radius 2 is 1.62 bits per heavy atom. The van der Waals surface area contributed by atoms with Crippen LogP contribution in [0.2, 0.25) is 0 Å². The summed E-state index contributed by atoms with van der Waals surface area (Å²) in [5, 5.41) is 2.72. The largest absolute Gasteiger partial charge is 0.492 e. The van der Waals surface area contributed by atoms with Crippen LogP contribution in [0.15, 0.2) is 70.8 Å². The number of hydrogen-bond donors (Lipinski definition) is 1. The van der Waals surface area contributed by atoms with Gasteiger partial charge in [-0.05, 0) is 17.7 Å². The Morgan fingerprint density at radius 1 is 0.938 bits per heavy atom. The molecule has 3 heterocycles. The van der Waals surface area contributed by atoms with Crippen molar-refractivity contribution in [1.82, 2.24) is 19.8 Å². The van der Waals surface area contributed by atoms with Crippen LogP contribution in [-0.2, 0) is 6.54 Å². The highest BCUT2D eigenvalue weighted by atomic mass is 32.1. The summed E-state index contributed by atoms with van der Waals surface area (Å²) in [6.45, 7) is 6.15. The van der Waals surface area contributed by atoms with Crippen molar-refractivity contribution in [2.24, 2.45) is 0 Å². The van der Waals surface area contributed by atoms with Crippen molar-refractivity contribution in [3.63, 3.8) is 0 Å². The zero-order chi connectivity index (χ0) is 21.8. The molecular weight excluding hydrogens is 420 g/mol. The Balaban J connectivity index is 1.17. The van der Waals surface area contributed by atoms with Gasteiger partial charge in [0.25, 0.3) is 5.56 Å². The number of rotatable bonds is 7. The first kappa shape index (κ1) is 20.9. The van der Waals surface area contributed by atoms with E-state index >= 15 is 0 Å². The van der Waals surface area contributed by atoms with E-state index in [1.54, 1.807) is 0 Å². The molecular formula is C25H26N4O2S. The third-order valence-corrected chi connectivity index (χ3v) is 6.71. The first-order valence-electron chi connectivity index (χ1n) is 10.9. The summed E-state index contributed by atoms with van der Waals surface area (Å²) in [4.78, 5) is 26.2. The van der Waals surface area contributed by atoms with Gasteiger partial charge in [-0.2, -0.15) is 0 Å². The molecule has 6 nitrogen and oxygen atoms in total. The second kappa shape index (κ2) is 9.65. The molecule has 0 spiro atoms. The van der Waals surface area contributed by atoms with Gasteiger partial charge in [0.2, 0.25) is 0 Å². The molecule has 0 radical (unpaired) electrons. The van der Waals surface area contributed by atoms with Crippen molar-refractivity contribution in [2.75, 3.05) is 39.3 Å². The number of aromatic amines is 1. The van der Waals surface area contributed by atoms with Crippen LogP contribution in [-0.4, -0.2) is 59.1 Å². The standard InChI is InChI=1S/C25H26N4O2S/c30-24-23-21(19-7-3-1-4-8-19)18-32-25(23)27-22(26-24)17-29-13-11-28(12-14-29)15-16-31-20-9-5-2-6-10-20/h1-10,18H,11-17H2,(H,26,27,30). The number of aromatic nitrogens is 2. The third kappa shape index (κ3) is 4.75. The molecule has 2 aromatic carbocycles. The van der Waals surface area contributed by atoms with Crippen LogP contribution in [0.25, 0.3) is 21.3 Å². The molecule has 1 saturated heterocycles. The van der Waals surface area contributed by atoms with Crippen LogP contribution in [0.4, 0.5) is 0 Å². The number of benzene rings is 2. The van der Waals surface area contributed by atoms with Gasteiger partial charge in [0.1, 0.15) is 23.0 Å². The molecule has 1 fully saturated rings. The van der Waals surface area contributed by atoms with Gasteiger partial charge in [-0.1, -0.05) is 48.5 Å². The summed E-state index contributed by atoms with van der Waals surface area (Å²) >= 11 is 1.53. The zero-order valence-corrected chi connectivity index (χ0v) is 18.7. The lowest BCUT2D eigenvalue weighted by Gasteiger charge is -2.34. The van der Waals surface area contributed by atoms with Gasteiger partial charge in [-0.25, -0.2) is 4.98 Å². The molecule has 0 bridgehead atoms. The fraction of sp³-hybridized carbons (Fsp3) is 0.280. The van der Waals surface area contributed by atoms with Crippen LogP contribution >= 0.6 is 11.3 Å². The fourth-order valence-electron chi connectivity index (χ4n) is 4.09. The lowest BCUT2D eigenvalue weighted by molar-refractivity contribution is 0.111. The van der Waals surface area contributed by atoms with E-state index in [9.17, 15) is 4.79 Å². The minimum Gasteiger partial charge on any atom is -0.492 e. The first-order chi connectivity index (χ1) is 15.8. The van der Waals surface area contributed by atoms with E-state index in [-0.39, 0.29) is 5.56 Å². The molecule has 32 heavy (non-hydrogen) atoms. The number of para-hydroxylation sites is 1. The average molecular weight is 447 g/mol. The number of fused-ring (bicyclic) bond motifs is 1. The van der Waals surface area contributed by atoms with E-state index in [0.717, 1.165) is 60.3 Å². The number of piperazine rings is 1. The molecule has 0 atom stereocenters. The quantitative estimate of drug-likeness (QED) is 0.467. The molecule has 1 N–H and O–H groups in total. The molecule has 0 unspecified atom stereocenters. The highest BCUT2D eigenvalue weighted by molar-refractivity contribution is 7.17. The monoisotopic (exact) mass is 446 g/mol. The first-order valence-corrected chi connectivity index (χ1v) is 11.8. The summed E-state index contributed by atoms with van der Waals surface area (Å²) in [5.74, 6) is 1.66. The smallest absolute Gasteiger partial charge is 0.260 e. The number of thiophene rings is 1. The minimum absolute atomic E-state index is 0.0539. The van der Waals surface area contributed by atoms with Gasteiger partial charge in [-0.15, -0.1) is 11.3 Å². The number of nitrogens with one attached hydrogen (secondary N) is 1. The zero-order valence-electron chi connectivity index (χ0n) is 17.9. The van der Waals surface area contributed by atoms with Crippen molar-refractivity contribution >= 4 is 21.6 Å². The van der Waals surface area contributed by atoms with Gasteiger partial charge in [0, 0.05) is 43.7 Å². The molecule has 7 heteroatoms. The Labute approximate surface area is 191 Å². The van der Waals surface area contributed by atoms with E-state index in [1.165, 1.54) is 11.3 Å². The van der Waals surface area contributed by atoms with Crippen LogP contribution in [0.1, 0.15) is 5.82 Å². The Morgan fingerprint density at radius 3 is 2.38 bits per heavy atom. The second-order valence-electron chi connectivity index (χ2n) is 7.99. The molecule has 0 saturated carbocycles. The molecule has 0 amide bonds. The average Bonchev–Trinajstić information content (AvgIpc) is 3.26. The van der Waals surface area contributed by atoms with Crippen LogP contribution in [0, 0.1) is 0 Å². The lowest BCUT2D eigenvalue weighted by Crippen LogP contribution is -2.47. The topological polar surface area (TPSA) is 61.5 Å². The van der Waals surface area contributed by atoms with E-state index < -0.39 is 0 Å². The predicted molar refractivity (Wildman–Crippen MR) is 129 cm³/mol. The normalized spacial score (nSPS) is 15.2. The van der Waals surface area contributed by atoms with Crippen molar-refractivity contribution < 1.29 is 4.74 Å². The lowest BCUT2D eigenvalue weighted by atomic mass is 10.1. The van der Waals surface area contributed by atoms with E-state index in [4.69, 9.17) is 9.72 Å². The summed E-state index contributed by atoms with van der Waals surface area (Å²) in [6.07, 6.45) is 0. The highest BCUT2D eigenvalue weighted by Crippen LogP contribution is 2.30. The van der Waals surface area contributed by atoms with Gasteiger partial charge in [-0.3, -0.25) is 14.6 Å². The summed E-state index contributed by atoms with van der Waals surface area (Å²) < 4.78 is 5.82. The SMILES string of the molecule is O=c1[nH]c(CN2CCN(CCOc3ccccc3)CC2)nc2scc(-c3ccccc3)c12. The predicted octanol–water partition coefficient (Wildman–Crippen LogP) is 3.85. The van der Waals surface area contributed by atoms with Crippen molar-refractivity contribution in [3.05, 3.63) is 82.2 Å². The van der Waals surface area contributed by atoms with Crippen molar-refractivity contribution in [1.29, 1.82) is 0 Å². The van der Waals surface area contributed by atoms with Crippen LogP contribution < -0.4 is 10.3 Å². The molecule has 1 aliphatic heterocycles. The number of hydrogen-bond acceptors (Lipinski definition) is 6. The summed E-state index contributed by atoms with van der Waals surface area (Å²) in [7, 11) is 0. The fourth-order valence-corrected chi connectivity index (χ4v) is 5.06. The maximum atomic E-state index is 12.9. The van der Waals surface area contributed by atoms with E-state index in [1.807, 2.05) is 66.0 Å². The Bertz CT molecular complexity index is 1220. The van der Waals surface area contributed by atoms with E-state index in [0.29, 0.717) is 18.5 Å². The molecule has 164 valence electrons. The number of nitrogens with zero attached hydrogens (tertiary/aromatic N) is 3. The maximum Gasteiger partial charge on any atom is 0.260 e. The van der Waals surface area contributed by atoms with Gasteiger partial charge in [0.05, 0.1) is 11.9 Å². The highest BCUT2D eigenvalue weighted by Gasteiger charge is 2.19. The van der Waals surface area contributed by atoms with E-state index in [2.05, 4.69) is 14.8 Å². The molecule has 5 rings (SSSR count). The van der Waals surface area contributed by atoms with Crippen molar-refractivity contribution in [3.8, 4) is 16.9 Å². The molecule has 4 aromatic rings. The summed E-state index contributed by atoms with van der Waals surface area (Å²) in [6, 6.07) is 20.0. The second-order valence-corrected chi connectivity index (χ2v) is 8.85. The van der Waals surface area contributed by atoms with Crippen LogP contribution in [0.5, 0.6) is 5.75 Å². The number of ether oxygens (including phenoxy) is 1. The molecule has 2 aromatic heterocycles. The van der Waals surface area contributed by atoms with Gasteiger partial charge in [0.15, 0.2) is 0 Å². The van der Waals surface area contributed by atoms with Crippen molar-refractivity contribution in [2.45, 2.75) is 6.54 Å². The van der Waals surface area contributed by atoms with Gasteiger partial charge >= 0.3 is 0 Å². The minimum atomic E-state index is -0.0539. The third-order valence-electron chi connectivity index (χ3n) is 5.84. The Kier molecular flexibility index (Phi) is 6.29. The molecule has 1 aliphatic rings. The van der Waals surface area contributed by atoms with Gasteiger partial charge < -0.3 is 9.72 Å². The number of H-pyrrole nitrogens is 1. The maximum absolute atomic E-state index is 12.9.